The predicted molar refractivity (Wildman–Crippen MR) is 56.2 cm³/mol. The second kappa shape index (κ2) is 5.62. The van der Waals surface area contributed by atoms with Crippen molar-refractivity contribution in [3.63, 3.8) is 0 Å². The van der Waals surface area contributed by atoms with Crippen LogP contribution in [0.5, 0.6) is 5.75 Å². The van der Waals surface area contributed by atoms with E-state index in [0.717, 1.165) is 17.7 Å². The van der Waals surface area contributed by atoms with Crippen LogP contribution in [0.25, 0.3) is 0 Å². The molecule has 3 heteroatoms. The average Bonchev–Trinajstić information content (AvgIpc) is 2.26. The van der Waals surface area contributed by atoms with E-state index in [9.17, 15) is 5.11 Å². The molecule has 1 aromatic carbocycles. The van der Waals surface area contributed by atoms with Crippen LogP contribution in [0.1, 0.15) is 24.5 Å². The molecular weight excluding hydrogens is 178 g/mol. The molecule has 14 heavy (non-hydrogen) atoms. The van der Waals surface area contributed by atoms with Crippen molar-refractivity contribution in [1.82, 2.24) is 0 Å². The quantitative estimate of drug-likeness (QED) is 0.748. The molecule has 0 amide bonds. The molecule has 0 bridgehead atoms. The number of rotatable bonds is 5. The fourth-order valence-electron chi connectivity index (χ4n) is 1.30. The summed E-state index contributed by atoms with van der Waals surface area (Å²) < 4.78 is 5.03. The Balaban J connectivity index is 2.57. The van der Waals surface area contributed by atoms with E-state index in [1.807, 2.05) is 24.3 Å². The maximum atomic E-state index is 9.72. The molecule has 1 aromatic rings. The Morgan fingerprint density at radius 2 is 2.00 bits per heavy atom. The van der Waals surface area contributed by atoms with E-state index in [2.05, 4.69) is 0 Å². The summed E-state index contributed by atoms with van der Waals surface area (Å²) in [5.74, 6) is 0.805. The summed E-state index contributed by atoms with van der Waals surface area (Å²) in [7, 11) is 1.62. The molecule has 0 radical (unpaired) electrons. The zero-order valence-electron chi connectivity index (χ0n) is 8.44. The lowest BCUT2D eigenvalue weighted by molar-refractivity contribution is 0.165. The molecule has 0 aromatic heterocycles. The Kier molecular flexibility index (Phi) is 4.43. The van der Waals surface area contributed by atoms with Gasteiger partial charge in [0.05, 0.1) is 13.2 Å². The molecule has 78 valence electrons. The Bertz CT molecular complexity index is 258. The van der Waals surface area contributed by atoms with Crippen molar-refractivity contribution >= 4 is 0 Å². The van der Waals surface area contributed by atoms with E-state index in [1.165, 1.54) is 0 Å². The van der Waals surface area contributed by atoms with E-state index in [0.29, 0.717) is 13.0 Å². The first-order valence-electron chi connectivity index (χ1n) is 4.80. The Hall–Kier alpha value is -1.06. The molecular formula is C11H17NO2. The third-order valence-corrected chi connectivity index (χ3v) is 2.18. The van der Waals surface area contributed by atoms with Crippen LogP contribution in [-0.2, 0) is 0 Å². The maximum Gasteiger partial charge on any atom is 0.118 e. The minimum atomic E-state index is -0.413. The van der Waals surface area contributed by atoms with Crippen LogP contribution in [0, 0.1) is 0 Å². The Morgan fingerprint density at radius 3 is 2.50 bits per heavy atom. The number of ether oxygens (including phenoxy) is 1. The second-order valence-electron chi connectivity index (χ2n) is 3.22. The lowest BCUT2D eigenvalue weighted by Crippen LogP contribution is -2.03. The Morgan fingerprint density at radius 1 is 1.36 bits per heavy atom. The van der Waals surface area contributed by atoms with Gasteiger partial charge in [0.2, 0.25) is 0 Å². The summed E-state index contributed by atoms with van der Waals surface area (Å²) in [6.07, 6.45) is 1.14. The number of aliphatic hydroxyl groups is 1. The van der Waals surface area contributed by atoms with Crippen molar-refractivity contribution in [2.45, 2.75) is 18.9 Å². The van der Waals surface area contributed by atoms with Crippen LogP contribution in [-0.4, -0.2) is 18.8 Å². The lowest BCUT2D eigenvalue weighted by Gasteiger charge is -2.10. The van der Waals surface area contributed by atoms with Gasteiger partial charge < -0.3 is 15.6 Å². The molecule has 0 fully saturated rings. The fourth-order valence-corrected chi connectivity index (χ4v) is 1.30. The van der Waals surface area contributed by atoms with Gasteiger partial charge in [-0.25, -0.2) is 0 Å². The van der Waals surface area contributed by atoms with Gasteiger partial charge in [-0.2, -0.15) is 0 Å². The van der Waals surface area contributed by atoms with Gasteiger partial charge in [0, 0.05) is 0 Å². The van der Waals surface area contributed by atoms with E-state index >= 15 is 0 Å². The van der Waals surface area contributed by atoms with Gasteiger partial charge in [-0.1, -0.05) is 12.1 Å². The van der Waals surface area contributed by atoms with E-state index in [-0.39, 0.29) is 0 Å². The fraction of sp³-hybridized carbons (Fsp3) is 0.455. The minimum absolute atomic E-state index is 0.413. The second-order valence-corrected chi connectivity index (χ2v) is 3.22. The largest absolute Gasteiger partial charge is 0.497 e. The molecule has 3 N–H and O–H groups in total. The van der Waals surface area contributed by atoms with E-state index < -0.39 is 6.10 Å². The van der Waals surface area contributed by atoms with Crippen molar-refractivity contribution < 1.29 is 9.84 Å². The molecule has 1 unspecified atom stereocenters. The smallest absolute Gasteiger partial charge is 0.118 e. The average molecular weight is 195 g/mol. The molecule has 0 saturated heterocycles. The third-order valence-electron chi connectivity index (χ3n) is 2.18. The zero-order chi connectivity index (χ0) is 10.4. The highest BCUT2D eigenvalue weighted by Crippen LogP contribution is 2.20. The van der Waals surface area contributed by atoms with Crippen molar-refractivity contribution in [2.75, 3.05) is 13.7 Å². The van der Waals surface area contributed by atoms with Crippen molar-refractivity contribution in [3.8, 4) is 5.75 Å². The van der Waals surface area contributed by atoms with Crippen LogP contribution in [0.15, 0.2) is 24.3 Å². The number of methoxy groups -OCH3 is 1. The van der Waals surface area contributed by atoms with Gasteiger partial charge in [0.1, 0.15) is 5.75 Å². The number of nitrogens with two attached hydrogens (primary N) is 1. The summed E-state index contributed by atoms with van der Waals surface area (Å²) in [6, 6.07) is 7.45. The molecule has 0 aliphatic heterocycles. The first-order valence-corrected chi connectivity index (χ1v) is 4.80. The van der Waals surface area contributed by atoms with Crippen LogP contribution in [0.4, 0.5) is 0 Å². The third kappa shape index (κ3) is 3.01. The molecule has 1 rings (SSSR count). The number of hydrogen-bond acceptors (Lipinski definition) is 3. The monoisotopic (exact) mass is 195 g/mol. The van der Waals surface area contributed by atoms with E-state index in [1.54, 1.807) is 7.11 Å². The van der Waals surface area contributed by atoms with Crippen molar-refractivity contribution in [3.05, 3.63) is 29.8 Å². The van der Waals surface area contributed by atoms with Gasteiger partial charge in [0.25, 0.3) is 0 Å². The normalized spacial score (nSPS) is 12.5. The summed E-state index contributed by atoms with van der Waals surface area (Å²) in [5, 5.41) is 9.72. The van der Waals surface area contributed by atoms with Gasteiger partial charge in [0.15, 0.2) is 0 Å². The molecule has 0 aliphatic rings. The van der Waals surface area contributed by atoms with Crippen LogP contribution in [0.2, 0.25) is 0 Å². The zero-order valence-corrected chi connectivity index (χ0v) is 8.44. The minimum Gasteiger partial charge on any atom is -0.497 e. The molecule has 0 saturated carbocycles. The highest BCUT2D eigenvalue weighted by Gasteiger charge is 2.06. The van der Waals surface area contributed by atoms with Gasteiger partial charge in [-0.3, -0.25) is 0 Å². The van der Waals surface area contributed by atoms with Gasteiger partial charge in [-0.05, 0) is 37.1 Å². The van der Waals surface area contributed by atoms with Gasteiger partial charge >= 0.3 is 0 Å². The van der Waals surface area contributed by atoms with Crippen LogP contribution in [0.3, 0.4) is 0 Å². The molecule has 0 aliphatic carbocycles. The molecule has 0 heterocycles. The molecule has 1 atom stereocenters. The lowest BCUT2D eigenvalue weighted by atomic mass is 10.1. The van der Waals surface area contributed by atoms with Crippen molar-refractivity contribution in [1.29, 1.82) is 0 Å². The SMILES string of the molecule is COc1ccc(C(O)CCCN)cc1. The van der Waals surface area contributed by atoms with Gasteiger partial charge in [-0.15, -0.1) is 0 Å². The highest BCUT2D eigenvalue weighted by atomic mass is 16.5. The van der Waals surface area contributed by atoms with Crippen molar-refractivity contribution in [2.24, 2.45) is 5.73 Å². The first kappa shape index (κ1) is 11.0. The number of aliphatic hydroxyl groups excluding tert-OH is 1. The van der Waals surface area contributed by atoms with Crippen LogP contribution < -0.4 is 10.5 Å². The molecule has 0 spiro atoms. The summed E-state index contributed by atoms with van der Waals surface area (Å²) >= 11 is 0. The summed E-state index contributed by atoms with van der Waals surface area (Å²) in [4.78, 5) is 0. The van der Waals surface area contributed by atoms with Crippen LogP contribution >= 0.6 is 0 Å². The predicted octanol–water partition coefficient (Wildman–Crippen LogP) is 1.47. The number of benzene rings is 1. The standard InChI is InChI=1S/C11H17NO2/c1-14-10-6-4-9(5-7-10)11(13)3-2-8-12/h4-7,11,13H,2-3,8,12H2,1H3. The molecule has 3 nitrogen and oxygen atoms in total. The first-order chi connectivity index (χ1) is 6.77. The Labute approximate surface area is 84.5 Å². The summed E-state index contributed by atoms with van der Waals surface area (Å²) in [5.41, 5.74) is 6.29. The summed E-state index contributed by atoms with van der Waals surface area (Å²) in [6.45, 7) is 0.618. The maximum absolute atomic E-state index is 9.72. The topological polar surface area (TPSA) is 55.5 Å². The number of hydrogen-bond donors (Lipinski definition) is 2. The van der Waals surface area contributed by atoms with E-state index in [4.69, 9.17) is 10.5 Å². The highest BCUT2D eigenvalue weighted by molar-refractivity contribution is 5.28.